The lowest BCUT2D eigenvalue weighted by Crippen LogP contribution is -2.36. The second-order valence-corrected chi connectivity index (χ2v) is 9.52. The van der Waals surface area contributed by atoms with Crippen LogP contribution in [0.3, 0.4) is 0 Å². The van der Waals surface area contributed by atoms with Gasteiger partial charge in [0.05, 0.1) is 7.11 Å². The Morgan fingerprint density at radius 1 is 1.12 bits per heavy atom. The molecule has 0 heterocycles. The molecule has 0 saturated heterocycles. The van der Waals surface area contributed by atoms with Gasteiger partial charge in [-0.05, 0) is 25.1 Å². The van der Waals surface area contributed by atoms with Crippen molar-refractivity contribution < 1.29 is 9.16 Å². The van der Waals surface area contributed by atoms with Crippen LogP contribution in [0.4, 0.5) is 0 Å². The third kappa shape index (κ3) is 3.38. The van der Waals surface area contributed by atoms with Crippen LogP contribution in [-0.4, -0.2) is 15.4 Å². The minimum absolute atomic E-state index is 0.907. The summed E-state index contributed by atoms with van der Waals surface area (Å²) in [6, 6.07) is 3.55. The summed E-state index contributed by atoms with van der Waals surface area (Å²) in [4.78, 5) is 0. The molecule has 1 aliphatic rings. The van der Waals surface area contributed by atoms with Crippen LogP contribution in [-0.2, 0) is 9.16 Å². The molecule has 0 aliphatic heterocycles. The Morgan fingerprint density at radius 3 is 2.18 bits per heavy atom. The topological polar surface area (TPSA) is 18.5 Å². The number of rotatable bonds is 6. The molecule has 0 spiro atoms. The van der Waals surface area contributed by atoms with Crippen molar-refractivity contribution in [1.82, 2.24) is 0 Å². The lowest BCUT2D eigenvalue weighted by Gasteiger charge is -2.32. The van der Waals surface area contributed by atoms with Crippen LogP contribution in [0.5, 0.6) is 0 Å². The molecule has 0 aromatic carbocycles. The number of allylic oxidation sites excluding steroid dienone is 2. The van der Waals surface area contributed by atoms with Gasteiger partial charge in [-0.3, -0.25) is 0 Å². The van der Waals surface area contributed by atoms with E-state index >= 15 is 0 Å². The van der Waals surface area contributed by atoms with Gasteiger partial charge in [-0.15, -0.1) is 0 Å². The van der Waals surface area contributed by atoms with E-state index < -0.39 is 8.32 Å². The fourth-order valence-electron chi connectivity index (χ4n) is 2.32. The fraction of sp³-hybridized carbons (Fsp3) is 0.714. The molecule has 2 nitrogen and oxygen atoms in total. The summed E-state index contributed by atoms with van der Waals surface area (Å²) < 4.78 is 11.9. The smallest absolute Gasteiger partial charge is 0.250 e. The van der Waals surface area contributed by atoms with Gasteiger partial charge in [0.2, 0.25) is 8.32 Å². The molecule has 0 bridgehead atoms. The zero-order valence-corrected chi connectivity index (χ0v) is 12.9. The van der Waals surface area contributed by atoms with E-state index in [9.17, 15) is 0 Å². The van der Waals surface area contributed by atoms with E-state index in [1.54, 1.807) is 7.11 Å². The summed E-state index contributed by atoms with van der Waals surface area (Å²) in [6.07, 6.45) is 4.08. The van der Waals surface area contributed by atoms with Gasteiger partial charge in [-0.1, -0.05) is 32.4 Å². The molecule has 0 radical (unpaired) electrons. The highest BCUT2D eigenvalue weighted by Gasteiger charge is 2.32. The predicted octanol–water partition coefficient (Wildman–Crippen LogP) is 4.61. The van der Waals surface area contributed by atoms with E-state index in [1.165, 1.54) is 23.7 Å². The van der Waals surface area contributed by atoms with Gasteiger partial charge in [-0.25, -0.2) is 0 Å². The van der Waals surface area contributed by atoms with Crippen LogP contribution >= 0.6 is 0 Å². The molecule has 0 amide bonds. The van der Waals surface area contributed by atoms with E-state index in [4.69, 9.17) is 9.16 Å². The zero-order chi connectivity index (χ0) is 12.9. The molecule has 0 N–H and O–H groups in total. The summed E-state index contributed by atoms with van der Waals surface area (Å²) in [5.74, 6) is 2.13. The lowest BCUT2D eigenvalue weighted by atomic mass is 10.0. The summed E-state index contributed by atoms with van der Waals surface area (Å²) in [7, 11) is 0.202. The van der Waals surface area contributed by atoms with Gasteiger partial charge in [0.25, 0.3) is 0 Å². The molecule has 3 heteroatoms. The average molecular weight is 254 g/mol. The molecule has 1 rings (SSSR count). The van der Waals surface area contributed by atoms with E-state index in [2.05, 4.69) is 33.8 Å². The minimum atomic E-state index is -1.55. The van der Waals surface area contributed by atoms with Gasteiger partial charge < -0.3 is 9.16 Å². The van der Waals surface area contributed by atoms with Crippen LogP contribution in [0.1, 0.15) is 40.5 Å². The summed E-state index contributed by atoms with van der Waals surface area (Å²) in [5.41, 5.74) is 1.38. The quantitative estimate of drug-likeness (QED) is 0.509. The zero-order valence-electron chi connectivity index (χ0n) is 11.9. The van der Waals surface area contributed by atoms with Crippen LogP contribution in [0.15, 0.2) is 23.2 Å². The minimum Gasteiger partial charge on any atom is -0.544 e. The standard InChI is InChI=1S/C14H26O2Si/c1-6-17(7-2,8-3)16-13-10-9-12(4)11-14(13)15-5/h9H,6-8,10-11H2,1-5H3. The molecular formula is C14H26O2Si. The molecule has 0 fully saturated rings. The molecule has 17 heavy (non-hydrogen) atoms. The van der Waals surface area contributed by atoms with Gasteiger partial charge >= 0.3 is 0 Å². The van der Waals surface area contributed by atoms with Gasteiger partial charge in [0.15, 0.2) is 0 Å². The highest BCUT2D eigenvalue weighted by molar-refractivity contribution is 6.73. The van der Waals surface area contributed by atoms with Crippen molar-refractivity contribution in [2.45, 2.75) is 58.7 Å². The molecule has 0 unspecified atom stereocenters. The Morgan fingerprint density at radius 2 is 1.71 bits per heavy atom. The van der Waals surface area contributed by atoms with E-state index in [0.717, 1.165) is 24.4 Å². The Labute approximate surface area is 107 Å². The molecule has 0 atom stereocenters. The first-order chi connectivity index (χ1) is 8.10. The summed E-state index contributed by atoms with van der Waals surface area (Å²) >= 11 is 0. The first-order valence-electron chi connectivity index (χ1n) is 6.71. The third-order valence-electron chi connectivity index (χ3n) is 3.91. The maximum absolute atomic E-state index is 6.43. The van der Waals surface area contributed by atoms with Crippen LogP contribution in [0.2, 0.25) is 18.1 Å². The second kappa shape index (κ2) is 6.29. The van der Waals surface area contributed by atoms with Crippen molar-refractivity contribution in [3.63, 3.8) is 0 Å². The highest BCUT2D eigenvalue weighted by atomic mass is 28.4. The van der Waals surface area contributed by atoms with E-state index in [1.807, 2.05) is 0 Å². The lowest BCUT2D eigenvalue weighted by molar-refractivity contribution is 0.242. The van der Waals surface area contributed by atoms with Gasteiger partial charge in [0, 0.05) is 12.8 Å². The van der Waals surface area contributed by atoms with Gasteiger partial charge in [-0.2, -0.15) is 0 Å². The molecule has 1 aliphatic carbocycles. The van der Waals surface area contributed by atoms with Crippen molar-refractivity contribution in [3.05, 3.63) is 23.2 Å². The summed E-state index contributed by atoms with van der Waals surface area (Å²) in [5, 5.41) is 0. The predicted molar refractivity (Wildman–Crippen MR) is 75.3 cm³/mol. The third-order valence-corrected chi connectivity index (χ3v) is 8.45. The van der Waals surface area contributed by atoms with Crippen molar-refractivity contribution in [2.75, 3.05) is 7.11 Å². The Kier molecular flexibility index (Phi) is 5.31. The fourth-order valence-corrected chi connectivity index (χ4v) is 4.97. The monoisotopic (exact) mass is 254 g/mol. The normalized spacial score (nSPS) is 16.9. The number of hydrogen-bond acceptors (Lipinski definition) is 2. The SMILES string of the molecule is CC[Si](CC)(CC)OC1=C(OC)CC(C)=CC1. The maximum Gasteiger partial charge on any atom is 0.250 e. The van der Waals surface area contributed by atoms with Crippen molar-refractivity contribution in [1.29, 1.82) is 0 Å². The van der Waals surface area contributed by atoms with Gasteiger partial charge in [0.1, 0.15) is 11.5 Å². The Hall–Kier alpha value is -0.703. The van der Waals surface area contributed by atoms with Crippen molar-refractivity contribution in [3.8, 4) is 0 Å². The highest BCUT2D eigenvalue weighted by Crippen LogP contribution is 2.32. The molecule has 98 valence electrons. The van der Waals surface area contributed by atoms with Crippen LogP contribution in [0.25, 0.3) is 0 Å². The summed E-state index contributed by atoms with van der Waals surface area (Å²) in [6.45, 7) is 8.93. The second-order valence-electron chi connectivity index (χ2n) is 4.83. The number of methoxy groups -OCH3 is 1. The van der Waals surface area contributed by atoms with E-state index in [0.29, 0.717) is 0 Å². The Bertz CT molecular complexity index is 306. The largest absolute Gasteiger partial charge is 0.544 e. The number of ether oxygens (including phenoxy) is 1. The first kappa shape index (κ1) is 14.4. The van der Waals surface area contributed by atoms with Crippen LogP contribution in [0, 0.1) is 0 Å². The molecular weight excluding hydrogens is 228 g/mol. The number of hydrogen-bond donors (Lipinski definition) is 0. The van der Waals surface area contributed by atoms with E-state index in [-0.39, 0.29) is 0 Å². The van der Waals surface area contributed by atoms with Crippen LogP contribution < -0.4 is 0 Å². The maximum atomic E-state index is 6.43. The van der Waals surface area contributed by atoms with Crippen molar-refractivity contribution in [2.24, 2.45) is 0 Å². The molecule has 0 saturated carbocycles. The molecule has 0 aromatic heterocycles. The first-order valence-corrected chi connectivity index (χ1v) is 9.24. The Balaban J connectivity index is 2.85. The van der Waals surface area contributed by atoms with Crippen molar-refractivity contribution >= 4 is 8.32 Å². The molecule has 0 aromatic rings. The average Bonchev–Trinajstić information content (AvgIpc) is 2.37.